The van der Waals surface area contributed by atoms with Crippen LogP contribution in [0.15, 0.2) is 30.5 Å². The lowest BCUT2D eigenvalue weighted by atomic mass is 9.84. The number of hydrogen-bond acceptors (Lipinski definition) is 1. The largest absolute Gasteiger partial charge is 0.361 e. The van der Waals surface area contributed by atoms with Crippen LogP contribution >= 0.6 is 0 Å². The molecule has 1 heterocycles. The lowest BCUT2D eigenvalue weighted by Crippen LogP contribution is -2.40. The maximum absolute atomic E-state index is 12.3. The van der Waals surface area contributed by atoms with Crippen LogP contribution in [0.3, 0.4) is 0 Å². The van der Waals surface area contributed by atoms with Gasteiger partial charge in [-0.25, -0.2) is 0 Å². The molecule has 2 fully saturated rings. The van der Waals surface area contributed by atoms with Crippen molar-refractivity contribution in [1.29, 1.82) is 0 Å². The summed E-state index contributed by atoms with van der Waals surface area (Å²) in [5.41, 5.74) is 2.39. The number of carbonyl (C=O) groups is 1. The van der Waals surface area contributed by atoms with E-state index in [0.29, 0.717) is 18.4 Å². The number of aryl methyl sites for hydroxylation is 1. The van der Waals surface area contributed by atoms with Crippen molar-refractivity contribution in [3.63, 3.8) is 0 Å². The molecular formula is C20H26N2O. The summed E-state index contributed by atoms with van der Waals surface area (Å²) in [5, 5.41) is 4.51. The Morgan fingerprint density at radius 2 is 2.17 bits per heavy atom. The number of amides is 1. The van der Waals surface area contributed by atoms with Gasteiger partial charge in [0.05, 0.1) is 0 Å². The summed E-state index contributed by atoms with van der Waals surface area (Å²) in [6, 6.07) is 8.62. The van der Waals surface area contributed by atoms with Crippen LogP contribution in [-0.4, -0.2) is 16.9 Å². The molecule has 3 heteroatoms. The van der Waals surface area contributed by atoms with E-state index in [4.69, 9.17) is 0 Å². The molecule has 0 radical (unpaired) electrons. The maximum Gasteiger partial charge on any atom is 0.220 e. The average molecular weight is 310 g/mol. The summed E-state index contributed by atoms with van der Waals surface area (Å²) in [5.74, 6) is 2.72. The molecule has 1 amide bonds. The van der Waals surface area contributed by atoms with Crippen LogP contribution in [0.5, 0.6) is 0 Å². The van der Waals surface area contributed by atoms with E-state index in [-0.39, 0.29) is 5.91 Å². The van der Waals surface area contributed by atoms with Gasteiger partial charge < -0.3 is 10.3 Å². The van der Waals surface area contributed by atoms with Crippen LogP contribution in [0.1, 0.15) is 44.6 Å². The Hall–Kier alpha value is -1.77. The van der Waals surface area contributed by atoms with Crippen molar-refractivity contribution in [2.24, 2.45) is 17.8 Å². The smallest absolute Gasteiger partial charge is 0.220 e. The first-order valence-corrected chi connectivity index (χ1v) is 9.05. The van der Waals surface area contributed by atoms with Crippen molar-refractivity contribution in [1.82, 2.24) is 10.3 Å². The number of nitrogens with one attached hydrogen (secondary N) is 2. The fourth-order valence-electron chi connectivity index (χ4n) is 4.93. The molecule has 1 aromatic heterocycles. The van der Waals surface area contributed by atoms with Crippen molar-refractivity contribution >= 4 is 16.8 Å². The molecule has 122 valence electrons. The van der Waals surface area contributed by atoms with E-state index in [1.165, 1.54) is 36.6 Å². The Labute approximate surface area is 137 Å². The zero-order valence-corrected chi connectivity index (χ0v) is 13.8. The normalized spacial score (nSPS) is 27.4. The Balaban J connectivity index is 1.32. The van der Waals surface area contributed by atoms with E-state index >= 15 is 0 Å². The number of aromatic nitrogens is 1. The minimum atomic E-state index is 0.200. The van der Waals surface area contributed by atoms with Gasteiger partial charge in [-0.2, -0.15) is 0 Å². The third kappa shape index (κ3) is 2.89. The summed E-state index contributed by atoms with van der Waals surface area (Å²) in [4.78, 5) is 15.6. The first-order chi connectivity index (χ1) is 11.2. The van der Waals surface area contributed by atoms with Crippen molar-refractivity contribution in [3.05, 3.63) is 36.0 Å². The Bertz CT molecular complexity index is 704. The van der Waals surface area contributed by atoms with Crippen LogP contribution in [0, 0.1) is 17.8 Å². The fourth-order valence-corrected chi connectivity index (χ4v) is 4.93. The molecule has 4 atom stereocenters. The van der Waals surface area contributed by atoms with Gasteiger partial charge in [0.1, 0.15) is 0 Å². The van der Waals surface area contributed by atoms with Gasteiger partial charge in [0, 0.05) is 29.6 Å². The third-order valence-corrected chi connectivity index (χ3v) is 6.12. The Kier molecular flexibility index (Phi) is 3.88. The average Bonchev–Trinajstić information content (AvgIpc) is 3.28. The first kappa shape index (κ1) is 14.8. The molecule has 0 aliphatic heterocycles. The fraction of sp³-hybridized carbons (Fsp3) is 0.550. The number of para-hydroxylation sites is 1. The number of hydrogen-bond donors (Lipinski definition) is 2. The molecule has 0 unspecified atom stereocenters. The second kappa shape index (κ2) is 6.03. The maximum atomic E-state index is 12.3. The minimum Gasteiger partial charge on any atom is -0.361 e. The zero-order valence-electron chi connectivity index (χ0n) is 13.8. The first-order valence-electron chi connectivity index (χ1n) is 9.05. The van der Waals surface area contributed by atoms with Gasteiger partial charge in [-0.05, 0) is 62.0 Å². The summed E-state index contributed by atoms with van der Waals surface area (Å²) < 4.78 is 0. The number of carbonyl (C=O) groups excluding carboxylic acids is 1. The van der Waals surface area contributed by atoms with Gasteiger partial charge in [-0.15, -0.1) is 0 Å². The zero-order chi connectivity index (χ0) is 15.8. The molecule has 2 saturated carbocycles. The molecular weight excluding hydrogens is 284 g/mol. The van der Waals surface area contributed by atoms with E-state index in [9.17, 15) is 4.79 Å². The second-order valence-electron chi connectivity index (χ2n) is 7.55. The molecule has 2 bridgehead atoms. The van der Waals surface area contributed by atoms with Crippen molar-refractivity contribution < 1.29 is 4.79 Å². The molecule has 4 rings (SSSR count). The molecule has 0 saturated heterocycles. The quantitative estimate of drug-likeness (QED) is 0.860. The number of aromatic amines is 1. The second-order valence-corrected chi connectivity index (χ2v) is 7.55. The number of rotatable bonds is 5. The van der Waals surface area contributed by atoms with Gasteiger partial charge in [0.2, 0.25) is 5.91 Å². The lowest BCUT2D eigenvalue weighted by Gasteiger charge is -2.28. The van der Waals surface area contributed by atoms with Gasteiger partial charge >= 0.3 is 0 Å². The lowest BCUT2D eigenvalue weighted by molar-refractivity contribution is -0.122. The van der Waals surface area contributed by atoms with Crippen molar-refractivity contribution in [3.8, 4) is 0 Å². The highest BCUT2D eigenvalue weighted by Crippen LogP contribution is 2.49. The van der Waals surface area contributed by atoms with Gasteiger partial charge in [0.25, 0.3) is 0 Å². The summed E-state index contributed by atoms with van der Waals surface area (Å²) in [6.45, 7) is 2.20. The van der Waals surface area contributed by atoms with E-state index < -0.39 is 0 Å². The highest BCUT2D eigenvalue weighted by Gasteiger charge is 2.42. The van der Waals surface area contributed by atoms with E-state index in [0.717, 1.165) is 23.8 Å². The van der Waals surface area contributed by atoms with Crippen LogP contribution in [-0.2, 0) is 11.2 Å². The van der Waals surface area contributed by atoms with E-state index in [1.54, 1.807) is 0 Å². The molecule has 1 aromatic carbocycles. The number of benzene rings is 1. The molecule has 2 N–H and O–H groups in total. The standard InChI is InChI=1S/C20H26N2O/c1-13(18-11-14-6-7-15(18)10-14)22-20(23)9-8-16-12-21-19-5-3-2-4-17(16)19/h2-5,12-15,18,21H,6-11H2,1H3,(H,22,23)/t13-,14-,15-,18+/m0/s1. The van der Waals surface area contributed by atoms with Crippen LogP contribution in [0.4, 0.5) is 0 Å². The molecule has 0 spiro atoms. The topological polar surface area (TPSA) is 44.9 Å². The molecule has 3 nitrogen and oxygen atoms in total. The summed E-state index contributed by atoms with van der Waals surface area (Å²) >= 11 is 0. The minimum absolute atomic E-state index is 0.200. The predicted octanol–water partition coefficient (Wildman–Crippen LogP) is 4.04. The summed E-state index contributed by atoms with van der Waals surface area (Å²) in [6.07, 6.45) is 8.95. The molecule has 2 aliphatic rings. The highest BCUT2D eigenvalue weighted by atomic mass is 16.1. The van der Waals surface area contributed by atoms with Gasteiger partial charge in [-0.3, -0.25) is 4.79 Å². The van der Waals surface area contributed by atoms with Crippen molar-refractivity contribution in [2.75, 3.05) is 0 Å². The van der Waals surface area contributed by atoms with E-state index in [1.807, 2.05) is 12.3 Å². The highest BCUT2D eigenvalue weighted by molar-refractivity contribution is 5.84. The molecule has 2 aromatic rings. The van der Waals surface area contributed by atoms with Gasteiger partial charge in [0.15, 0.2) is 0 Å². The molecule has 23 heavy (non-hydrogen) atoms. The van der Waals surface area contributed by atoms with Gasteiger partial charge in [-0.1, -0.05) is 24.6 Å². The van der Waals surface area contributed by atoms with Crippen molar-refractivity contribution in [2.45, 2.75) is 51.5 Å². The monoisotopic (exact) mass is 310 g/mol. The van der Waals surface area contributed by atoms with Crippen LogP contribution < -0.4 is 5.32 Å². The van der Waals surface area contributed by atoms with E-state index in [2.05, 4.69) is 35.4 Å². The predicted molar refractivity (Wildman–Crippen MR) is 93.2 cm³/mol. The Morgan fingerprint density at radius 1 is 1.30 bits per heavy atom. The number of H-pyrrole nitrogens is 1. The van der Waals surface area contributed by atoms with Crippen LogP contribution in [0.2, 0.25) is 0 Å². The Morgan fingerprint density at radius 3 is 2.96 bits per heavy atom. The SMILES string of the molecule is C[C@H](NC(=O)CCc1c[nH]c2ccccc12)[C@H]1C[C@H]2CC[C@H]1C2. The third-order valence-electron chi connectivity index (χ3n) is 6.12. The summed E-state index contributed by atoms with van der Waals surface area (Å²) in [7, 11) is 0. The van der Waals surface area contributed by atoms with Crippen LogP contribution in [0.25, 0.3) is 10.9 Å². The number of fused-ring (bicyclic) bond motifs is 3. The molecule has 2 aliphatic carbocycles.